The number of aromatic nitrogens is 1. The molecule has 0 amide bonds. The quantitative estimate of drug-likeness (QED) is 0.554. The van der Waals surface area contributed by atoms with Gasteiger partial charge in [-0.25, -0.2) is 0 Å². The molecule has 0 aliphatic heterocycles. The highest BCUT2D eigenvalue weighted by molar-refractivity contribution is 5.07. The summed E-state index contributed by atoms with van der Waals surface area (Å²) in [4.78, 5) is 11.8. The second-order valence-electron chi connectivity index (χ2n) is 4.88. The molecule has 0 saturated carbocycles. The summed E-state index contributed by atoms with van der Waals surface area (Å²) < 4.78 is 17.9. The van der Waals surface area contributed by atoms with Crippen LogP contribution in [-0.4, -0.2) is 44.2 Å². The zero-order chi connectivity index (χ0) is 15.3. The molecular formula is C16H27NO4. The molecule has 1 aromatic heterocycles. The Labute approximate surface area is 126 Å². The van der Waals surface area contributed by atoms with Crippen molar-refractivity contribution in [2.24, 2.45) is 0 Å². The van der Waals surface area contributed by atoms with Gasteiger partial charge in [-0.3, -0.25) is 4.79 Å². The summed E-state index contributed by atoms with van der Waals surface area (Å²) >= 11 is 0. The van der Waals surface area contributed by atoms with Crippen molar-refractivity contribution >= 4 is 0 Å². The van der Waals surface area contributed by atoms with E-state index < -0.39 is 0 Å². The van der Waals surface area contributed by atoms with Gasteiger partial charge in [-0.1, -0.05) is 19.4 Å². The third-order valence-corrected chi connectivity index (χ3v) is 3.07. The fourth-order valence-corrected chi connectivity index (χ4v) is 1.78. The molecule has 0 bridgehead atoms. The number of unbranched alkanes of at least 4 members (excludes halogenated alkanes) is 1. The first-order valence-electron chi connectivity index (χ1n) is 7.65. The van der Waals surface area contributed by atoms with Crippen molar-refractivity contribution in [2.75, 3.05) is 39.6 Å². The molecule has 0 radical (unpaired) electrons. The van der Waals surface area contributed by atoms with Crippen LogP contribution in [0.25, 0.3) is 0 Å². The van der Waals surface area contributed by atoms with E-state index in [1.54, 1.807) is 10.8 Å². The molecule has 1 heterocycles. The SMILES string of the molecule is CCCCOCCOCCOCCn1cccc(C)c1=O. The van der Waals surface area contributed by atoms with Crippen molar-refractivity contribution < 1.29 is 14.2 Å². The summed E-state index contributed by atoms with van der Waals surface area (Å²) in [6.45, 7) is 8.18. The molecule has 21 heavy (non-hydrogen) atoms. The number of rotatable bonds is 12. The van der Waals surface area contributed by atoms with Crippen molar-refractivity contribution in [3.05, 3.63) is 34.2 Å². The highest BCUT2D eigenvalue weighted by atomic mass is 16.5. The van der Waals surface area contributed by atoms with Gasteiger partial charge in [-0.15, -0.1) is 0 Å². The molecule has 0 aromatic carbocycles. The summed E-state index contributed by atoms with van der Waals surface area (Å²) in [7, 11) is 0. The Hall–Kier alpha value is -1.17. The van der Waals surface area contributed by atoms with E-state index >= 15 is 0 Å². The Balaban J connectivity index is 1.95. The minimum atomic E-state index is 0.0431. The fourth-order valence-electron chi connectivity index (χ4n) is 1.78. The van der Waals surface area contributed by atoms with Gasteiger partial charge in [-0.05, 0) is 19.4 Å². The molecule has 1 aromatic rings. The molecule has 0 aliphatic carbocycles. The summed E-state index contributed by atoms with van der Waals surface area (Å²) in [5.74, 6) is 0. The maximum Gasteiger partial charge on any atom is 0.253 e. The van der Waals surface area contributed by atoms with Gasteiger partial charge in [0, 0.05) is 24.9 Å². The van der Waals surface area contributed by atoms with E-state index in [0.717, 1.165) is 25.0 Å². The van der Waals surface area contributed by atoms with E-state index in [0.29, 0.717) is 39.6 Å². The van der Waals surface area contributed by atoms with E-state index in [4.69, 9.17) is 14.2 Å². The number of nitrogens with zero attached hydrogens (tertiary/aromatic N) is 1. The fraction of sp³-hybridized carbons (Fsp3) is 0.688. The minimum Gasteiger partial charge on any atom is -0.379 e. The van der Waals surface area contributed by atoms with Crippen LogP contribution >= 0.6 is 0 Å². The van der Waals surface area contributed by atoms with Gasteiger partial charge in [0.05, 0.1) is 33.0 Å². The van der Waals surface area contributed by atoms with Crippen molar-refractivity contribution in [1.29, 1.82) is 0 Å². The lowest BCUT2D eigenvalue weighted by Gasteiger charge is -2.08. The standard InChI is InChI=1S/C16H27NO4/c1-3-4-9-19-11-13-21-14-12-20-10-8-17-7-5-6-15(2)16(17)18/h5-7H,3-4,8-14H2,1-2H3. The van der Waals surface area contributed by atoms with Crippen LogP contribution in [0.2, 0.25) is 0 Å². The van der Waals surface area contributed by atoms with Gasteiger partial charge in [0.25, 0.3) is 5.56 Å². The molecule has 1 rings (SSSR count). The normalized spacial score (nSPS) is 11.0. The largest absolute Gasteiger partial charge is 0.379 e. The predicted octanol–water partition coefficient (Wildman–Crippen LogP) is 2.01. The Morgan fingerprint density at radius 3 is 2.29 bits per heavy atom. The van der Waals surface area contributed by atoms with Crippen LogP contribution in [0.3, 0.4) is 0 Å². The van der Waals surface area contributed by atoms with Gasteiger partial charge in [0.1, 0.15) is 0 Å². The first-order valence-corrected chi connectivity index (χ1v) is 7.65. The minimum absolute atomic E-state index is 0.0431. The maximum atomic E-state index is 11.8. The summed E-state index contributed by atoms with van der Waals surface area (Å²) in [6, 6.07) is 3.69. The van der Waals surface area contributed by atoms with E-state index in [9.17, 15) is 4.79 Å². The molecule has 0 N–H and O–H groups in total. The average Bonchev–Trinajstić information content (AvgIpc) is 2.49. The number of hydrogen-bond acceptors (Lipinski definition) is 4. The van der Waals surface area contributed by atoms with Crippen LogP contribution in [-0.2, 0) is 20.8 Å². The Kier molecular flexibility index (Phi) is 9.78. The van der Waals surface area contributed by atoms with Crippen LogP contribution < -0.4 is 5.56 Å². The lowest BCUT2D eigenvalue weighted by molar-refractivity contribution is 0.0126. The summed E-state index contributed by atoms with van der Waals surface area (Å²) in [6.07, 6.45) is 4.03. The van der Waals surface area contributed by atoms with Gasteiger partial charge >= 0.3 is 0 Å². The zero-order valence-electron chi connectivity index (χ0n) is 13.2. The molecule has 0 saturated heterocycles. The molecule has 5 nitrogen and oxygen atoms in total. The number of aryl methyl sites for hydroxylation is 1. The van der Waals surface area contributed by atoms with Crippen LogP contribution in [0.15, 0.2) is 23.1 Å². The smallest absolute Gasteiger partial charge is 0.253 e. The van der Waals surface area contributed by atoms with Gasteiger partial charge in [-0.2, -0.15) is 0 Å². The molecule has 120 valence electrons. The molecule has 0 fully saturated rings. The van der Waals surface area contributed by atoms with Crippen molar-refractivity contribution in [2.45, 2.75) is 33.2 Å². The topological polar surface area (TPSA) is 49.7 Å². The first kappa shape index (κ1) is 17.9. The molecule has 5 heteroatoms. The van der Waals surface area contributed by atoms with Gasteiger partial charge < -0.3 is 18.8 Å². The molecule has 0 spiro atoms. The highest BCUT2D eigenvalue weighted by Gasteiger charge is 1.98. The van der Waals surface area contributed by atoms with Crippen molar-refractivity contribution in [3.8, 4) is 0 Å². The number of hydrogen-bond donors (Lipinski definition) is 0. The number of pyridine rings is 1. The molecule has 0 atom stereocenters. The molecule has 0 aliphatic rings. The monoisotopic (exact) mass is 297 g/mol. The first-order chi connectivity index (χ1) is 10.3. The van der Waals surface area contributed by atoms with Crippen molar-refractivity contribution in [3.63, 3.8) is 0 Å². The van der Waals surface area contributed by atoms with E-state index in [1.807, 2.05) is 19.1 Å². The Bertz CT molecular complexity index is 431. The number of ether oxygens (including phenoxy) is 3. The Morgan fingerprint density at radius 2 is 1.62 bits per heavy atom. The van der Waals surface area contributed by atoms with Crippen LogP contribution in [0, 0.1) is 6.92 Å². The zero-order valence-corrected chi connectivity index (χ0v) is 13.2. The van der Waals surface area contributed by atoms with Crippen LogP contribution in [0.1, 0.15) is 25.3 Å². The van der Waals surface area contributed by atoms with Crippen LogP contribution in [0.5, 0.6) is 0 Å². The van der Waals surface area contributed by atoms with Crippen molar-refractivity contribution in [1.82, 2.24) is 4.57 Å². The second-order valence-corrected chi connectivity index (χ2v) is 4.88. The third-order valence-electron chi connectivity index (χ3n) is 3.07. The van der Waals surface area contributed by atoms with E-state index in [2.05, 4.69) is 6.92 Å². The van der Waals surface area contributed by atoms with E-state index in [1.165, 1.54) is 0 Å². The van der Waals surface area contributed by atoms with Crippen LogP contribution in [0.4, 0.5) is 0 Å². The third kappa shape index (κ3) is 7.99. The molecule has 0 unspecified atom stereocenters. The summed E-state index contributed by atoms with van der Waals surface area (Å²) in [5, 5.41) is 0. The second kappa shape index (κ2) is 11.5. The highest BCUT2D eigenvalue weighted by Crippen LogP contribution is 1.90. The lowest BCUT2D eigenvalue weighted by Crippen LogP contribution is -2.23. The maximum absolute atomic E-state index is 11.8. The van der Waals surface area contributed by atoms with E-state index in [-0.39, 0.29) is 5.56 Å². The average molecular weight is 297 g/mol. The predicted molar refractivity (Wildman–Crippen MR) is 82.8 cm³/mol. The van der Waals surface area contributed by atoms with Gasteiger partial charge in [0.15, 0.2) is 0 Å². The Morgan fingerprint density at radius 1 is 1.00 bits per heavy atom. The summed E-state index contributed by atoms with van der Waals surface area (Å²) in [5.41, 5.74) is 0.797. The van der Waals surface area contributed by atoms with Gasteiger partial charge in [0.2, 0.25) is 0 Å². The molecular weight excluding hydrogens is 270 g/mol. The lowest BCUT2D eigenvalue weighted by atomic mass is 10.3.